The fraction of sp³-hybridized carbons (Fsp3) is 0.0455. The molecule has 0 spiro atoms. The molecule has 1 aromatic heterocycles. The number of nitrogens with zero attached hydrogens (tertiary/aromatic N) is 1. The Bertz CT molecular complexity index is 1240. The largest absolute Gasteiger partial charge is 0.497 e. The molecule has 8 heteroatoms. The number of rotatable bonds is 4. The SMILES string of the molecule is COc1ccc(C(=O)NC(=S)Nc2ccc3oc(-c4ccccc4Br)nc3c2)cc1. The summed E-state index contributed by atoms with van der Waals surface area (Å²) in [6, 6.07) is 19.9. The predicted octanol–water partition coefficient (Wildman–Crippen LogP) is 5.39. The smallest absolute Gasteiger partial charge is 0.257 e. The second kappa shape index (κ2) is 8.64. The minimum atomic E-state index is -0.311. The van der Waals surface area contributed by atoms with Gasteiger partial charge in [0.25, 0.3) is 5.91 Å². The Morgan fingerprint density at radius 1 is 1.10 bits per heavy atom. The van der Waals surface area contributed by atoms with E-state index in [2.05, 4.69) is 31.5 Å². The van der Waals surface area contributed by atoms with E-state index in [1.165, 1.54) is 0 Å². The Labute approximate surface area is 186 Å². The molecule has 0 atom stereocenters. The first kappa shape index (κ1) is 20.1. The van der Waals surface area contributed by atoms with Crippen molar-refractivity contribution in [1.82, 2.24) is 10.3 Å². The van der Waals surface area contributed by atoms with Gasteiger partial charge < -0.3 is 14.5 Å². The number of hydrogen-bond acceptors (Lipinski definition) is 5. The van der Waals surface area contributed by atoms with Crippen molar-refractivity contribution < 1.29 is 13.9 Å². The van der Waals surface area contributed by atoms with Crippen LogP contribution in [0.15, 0.2) is 75.6 Å². The quantitative estimate of drug-likeness (QED) is 0.380. The highest BCUT2D eigenvalue weighted by molar-refractivity contribution is 9.10. The molecule has 0 fully saturated rings. The van der Waals surface area contributed by atoms with E-state index in [0.29, 0.717) is 34.0 Å². The van der Waals surface area contributed by atoms with Crippen LogP contribution in [0.2, 0.25) is 0 Å². The lowest BCUT2D eigenvalue weighted by Crippen LogP contribution is -2.34. The molecular formula is C22H16BrN3O3S. The van der Waals surface area contributed by atoms with Crippen molar-refractivity contribution in [2.24, 2.45) is 0 Å². The number of benzene rings is 3. The fourth-order valence-corrected chi connectivity index (χ4v) is 3.50. The highest BCUT2D eigenvalue weighted by Crippen LogP contribution is 2.30. The van der Waals surface area contributed by atoms with E-state index in [-0.39, 0.29) is 11.0 Å². The van der Waals surface area contributed by atoms with E-state index in [1.807, 2.05) is 36.4 Å². The zero-order valence-corrected chi connectivity index (χ0v) is 18.2. The second-order valence-corrected chi connectivity index (χ2v) is 7.58. The van der Waals surface area contributed by atoms with Crippen LogP contribution in [0.5, 0.6) is 5.75 Å². The monoisotopic (exact) mass is 481 g/mol. The number of amides is 1. The van der Waals surface area contributed by atoms with E-state index in [1.54, 1.807) is 37.4 Å². The first-order valence-corrected chi connectivity index (χ1v) is 10.2. The summed E-state index contributed by atoms with van der Waals surface area (Å²) in [7, 11) is 1.57. The molecule has 4 aromatic rings. The third kappa shape index (κ3) is 4.34. The number of carbonyl (C=O) groups excluding carboxylic acids is 1. The molecule has 150 valence electrons. The van der Waals surface area contributed by atoms with Crippen LogP contribution in [0.1, 0.15) is 10.4 Å². The molecule has 0 radical (unpaired) electrons. The van der Waals surface area contributed by atoms with Gasteiger partial charge in [-0.3, -0.25) is 10.1 Å². The van der Waals surface area contributed by atoms with E-state index >= 15 is 0 Å². The summed E-state index contributed by atoms with van der Waals surface area (Å²) in [6.45, 7) is 0. The molecule has 0 aliphatic rings. The maximum Gasteiger partial charge on any atom is 0.257 e. The van der Waals surface area contributed by atoms with Gasteiger partial charge in [-0.05, 0) is 82.7 Å². The second-order valence-electron chi connectivity index (χ2n) is 6.32. The standard InChI is InChI=1S/C22H16BrN3O3S/c1-28-15-9-6-13(7-10-15)20(27)26-22(30)24-14-8-11-19-18(12-14)25-21(29-19)16-4-2-3-5-17(16)23/h2-12H,1H3,(H2,24,26,27,30). The third-order valence-electron chi connectivity index (χ3n) is 4.33. The van der Waals surface area contributed by atoms with Crippen LogP contribution in [0.3, 0.4) is 0 Å². The zero-order valence-electron chi connectivity index (χ0n) is 15.8. The summed E-state index contributed by atoms with van der Waals surface area (Å²) in [5, 5.41) is 5.85. The van der Waals surface area contributed by atoms with E-state index in [0.717, 1.165) is 10.0 Å². The van der Waals surface area contributed by atoms with Crippen LogP contribution in [0.4, 0.5) is 5.69 Å². The predicted molar refractivity (Wildman–Crippen MR) is 124 cm³/mol. The number of nitrogens with one attached hydrogen (secondary N) is 2. The van der Waals surface area contributed by atoms with Gasteiger partial charge in [-0.15, -0.1) is 0 Å². The van der Waals surface area contributed by atoms with Crippen molar-refractivity contribution >= 4 is 56.0 Å². The summed E-state index contributed by atoms with van der Waals surface area (Å²) in [4.78, 5) is 16.9. The molecule has 1 amide bonds. The summed E-state index contributed by atoms with van der Waals surface area (Å²) in [6.07, 6.45) is 0. The molecule has 0 saturated heterocycles. The minimum Gasteiger partial charge on any atom is -0.497 e. The molecular weight excluding hydrogens is 466 g/mol. The summed E-state index contributed by atoms with van der Waals surface area (Å²) in [5.41, 5.74) is 3.36. The summed E-state index contributed by atoms with van der Waals surface area (Å²) < 4.78 is 11.8. The van der Waals surface area contributed by atoms with E-state index in [9.17, 15) is 4.79 Å². The van der Waals surface area contributed by atoms with E-state index < -0.39 is 0 Å². The fourth-order valence-electron chi connectivity index (χ4n) is 2.84. The molecule has 1 heterocycles. The van der Waals surface area contributed by atoms with Gasteiger partial charge in [0.2, 0.25) is 5.89 Å². The highest BCUT2D eigenvalue weighted by atomic mass is 79.9. The number of ether oxygens (including phenoxy) is 1. The Morgan fingerprint density at radius 2 is 1.87 bits per heavy atom. The van der Waals surface area contributed by atoms with Gasteiger partial charge in [-0.2, -0.15) is 0 Å². The van der Waals surface area contributed by atoms with Gasteiger partial charge in [0, 0.05) is 15.7 Å². The Balaban J connectivity index is 1.47. The Kier molecular flexibility index (Phi) is 5.78. The molecule has 0 saturated carbocycles. The number of fused-ring (bicyclic) bond motifs is 1. The third-order valence-corrected chi connectivity index (χ3v) is 5.22. The lowest BCUT2D eigenvalue weighted by atomic mass is 10.2. The number of aromatic nitrogens is 1. The van der Waals surface area contributed by atoms with Crippen LogP contribution in [-0.2, 0) is 0 Å². The Hall–Kier alpha value is -3.23. The molecule has 0 aliphatic heterocycles. The van der Waals surface area contributed by atoms with Crippen LogP contribution >= 0.6 is 28.1 Å². The molecule has 0 bridgehead atoms. The maximum atomic E-state index is 12.3. The number of oxazole rings is 1. The molecule has 3 aromatic carbocycles. The van der Waals surface area contributed by atoms with Crippen molar-refractivity contribution in [3.63, 3.8) is 0 Å². The first-order valence-electron chi connectivity index (χ1n) is 8.95. The van der Waals surface area contributed by atoms with Crippen LogP contribution in [0, 0.1) is 0 Å². The summed E-state index contributed by atoms with van der Waals surface area (Å²) >= 11 is 8.78. The van der Waals surface area contributed by atoms with Gasteiger partial charge in [-0.25, -0.2) is 4.98 Å². The number of anilines is 1. The van der Waals surface area contributed by atoms with Gasteiger partial charge in [0.05, 0.1) is 12.7 Å². The van der Waals surface area contributed by atoms with Crippen molar-refractivity contribution in [3.05, 3.63) is 76.8 Å². The number of methoxy groups -OCH3 is 1. The van der Waals surface area contributed by atoms with Crippen LogP contribution in [0.25, 0.3) is 22.6 Å². The van der Waals surface area contributed by atoms with Crippen molar-refractivity contribution in [3.8, 4) is 17.2 Å². The first-order chi connectivity index (χ1) is 14.5. The van der Waals surface area contributed by atoms with Gasteiger partial charge in [0.1, 0.15) is 11.3 Å². The zero-order chi connectivity index (χ0) is 21.1. The van der Waals surface area contributed by atoms with Gasteiger partial charge in [0.15, 0.2) is 10.7 Å². The van der Waals surface area contributed by atoms with Crippen LogP contribution < -0.4 is 15.4 Å². The van der Waals surface area contributed by atoms with E-state index in [4.69, 9.17) is 21.4 Å². The Morgan fingerprint density at radius 3 is 2.60 bits per heavy atom. The minimum absolute atomic E-state index is 0.185. The average molecular weight is 482 g/mol. The summed E-state index contributed by atoms with van der Waals surface area (Å²) in [5.74, 6) is 0.883. The van der Waals surface area contributed by atoms with Gasteiger partial charge >= 0.3 is 0 Å². The van der Waals surface area contributed by atoms with Gasteiger partial charge in [-0.1, -0.05) is 12.1 Å². The van der Waals surface area contributed by atoms with Crippen LogP contribution in [-0.4, -0.2) is 23.1 Å². The number of thiocarbonyl (C=S) groups is 1. The normalized spacial score (nSPS) is 10.6. The van der Waals surface area contributed by atoms with Crippen molar-refractivity contribution in [2.75, 3.05) is 12.4 Å². The molecule has 0 aliphatic carbocycles. The maximum absolute atomic E-state index is 12.3. The molecule has 30 heavy (non-hydrogen) atoms. The molecule has 6 nitrogen and oxygen atoms in total. The number of halogens is 1. The highest BCUT2D eigenvalue weighted by Gasteiger charge is 2.12. The lowest BCUT2D eigenvalue weighted by molar-refractivity contribution is 0.0977. The van der Waals surface area contributed by atoms with Crippen molar-refractivity contribution in [1.29, 1.82) is 0 Å². The van der Waals surface area contributed by atoms with Crippen molar-refractivity contribution in [2.45, 2.75) is 0 Å². The number of hydrogen-bond donors (Lipinski definition) is 2. The average Bonchev–Trinajstić information content (AvgIpc) is 3.17. The molecule has 4 rings (SSSR count). The topological polar surface area (TPSA) is 76.4 Å². The lowest BCUT2D eigenvalue weighted by Gasteiger charge is -2.09. The molecule has 2 N–H and O–H groups in total. The molecule has 0 unspecified atom stereocenters. The number of carbonyl (C=O) groups is 1.